The number of aliphatic hydroxyl groups excluding tert-OH is 2. The topological polar surface area (TPSA) is 127 Å². The lowest BCUT2D eigenvalue weighted by Gasteiger charge is -2.29. The van der Waals surface area contributed by atoms with Crippen molar-refractivity contribution in [3.05, 3.63) is 53.7 Å². The van der Waals surface area contributed by atoms with Gasteiger partial charge >= 0.3 is 0 Å². The Bertz CT molecular complexity index is 1070. The van der Waals surface area contributed by atoms with Gasteiger partial charge in [-0.25, -0.2) is 23.1 Å². The molecular formula is C18H17F3N4O4. The van der Waals surface area contributed by atoms with Crippen LogP contribution >= 0.6 is 0 Å². The van der Waals surface area contributed by atoms with Gasteiger partial charge < -0.3 is 30.4 Å². The van der Waals surface area contributed by atoms with Crippen LogP contribution in [0, 0.1) is 17.5 Å². The Morgan fingerprint density at radius 2 is 1.90 bits per heavy atom. The molecule has 0 aliphatic carbocycles. The van der Waals surface area contributed by atoms with E-state index in [4.69, 9.17) is 10.5 Å². The number of anilines is 1. The molecule has 5 N–H and O–H groups in total. The molecule has 29 heavy (non-hydrogen) atoms. The van der Waals surface area contributed by atoms with Crippen LogP contribution in [0.5, 0.6) is 0 Å². The Balaban J connectivity index is 1.72. The molecule has 0 bridgehead atoms. The minimum Gasteiger partial charge on any atom is -0.386 e. The summed E-state index contributed by atoms with van der Waals surface area (Å²) < 4.78 is 47.4. The first-order chi connectivity index (χ1) is 13.6. The van der Waals surface area contributed by atoms with Crippen LogP contribution in [-0.4, -0.2) is 47.7 Å². The molecule has 3 aromatic rings. The summed E-state index contributed by atoms with van der Waals surface area (Å²) in [7, 11) is 0. The molecule has 3 heterocycles. The Morgan fingerprint density at radius 3 is 2.55 bits per heavy atom. The smallest absolute Gasteiger partial charge is 0.194 e. The van der Waals surface area contributed by atoms with Gasteiger partial charge in [0.15, 0.2) is 23.7 Å². The zero-order chi connectivity index (χ0) is 21.1. The number of nitrogen functional groups attached to an aromatic ring is 1. The summed E-state index contributed by atoms with van der Waals surface area (Å²) in [6.07, 6.45) is -3.30. The highest BCUT2D eigenvalue weighted by molar-refractivity contribution is 5.86. The summed E-state index contributed by atoms with van der Waals surface area (Å²) in [6.45, 7) is 1.21. The molecule has 0 spiro atoms. The van der Waals surface area contributed by atoms with Gasteiger partial charge in [-0.1, -0.05) is 0 Å². The molecule has 11 heteroatoms. The number of fused-ring (bicyclic) bond motifs is 1. The Labute approximate surface area is 162 Å². The maximum absolute atomic E-state index is 13.6. The van der Waals surface area contributed by atoms with Crippen LogP contribution in [0.1, 0.15) is 24.8 Å². The van der Waals surface area contributed by atoms with Gasteiger partial charge in [0, 0.05) is 6.20 Å². The second-order valence-corrected chi connectivity index (χ2v) is 7.08. The number of ether oxygens (including phenoxy) is 1. The van der Waals surface area contributed by atoms with Crippen LogP contribution in [0.25, 0.3) is 11.0 Å². The number of aromatic nitrogens is 3. The lowest BCUT2D eigenvalue weighted by Crippen LogP contribution is -2.47. The lowest BCUT2D eigenvalue weighted by molar-refractivity contribution is -0.115. The molecular weight excluding hydrogens is 393 g/mol. The molecule has 0 radical (unpaired) electrons. The predicted molar refractivity (Wildman–Crippen MR) is 93.8 cm³/mol. The minimum atomic E-state index is -2.03. The summed E-state index contributed by atoms with van der Waals surface area (Å²) in [5.41, 5.74) is 3.72. The number of hydrogen-bond acceptors (Lipinski definition) is 7. The fraction of sp³-hybridized carbons (Fsp3) is 0.333. The zero-order valence-corrected chi connectivity index (χ0v) is 15.0. The first-order valence-corrected chi connectivity index (χ1v) is 8.58. The lowest BCUT2D eigenvalue weighted by atomic mass is 9.88. The van der Waals surface area contributed by atoms with E-state index in [0.717, 1.165) is 0 Å². The fourth-order valence-corrected chi connectivity index (χ4v) is 3.55. The van der Waals surface area contributed by atoms with Crippen molar-refractivity contribution in [2.45, 2.75) is 37.1 Å². The van der Waals surface area contributed by atoms with Crippen LogP contribution in [0.3, 0.4) is 0 Å². The number of aliphatic hydroxyl groups is 3. The maximum Gasteiger partial charge on any atom is 0.194 e. The van der Waals surface area contributed by atoms with E-state index in [2.05, 4.69) is 9.97 Å². The van der Waals surface area contributed by atoms with Crippen molar-refractivity contribution >= 4 is 16.9 Å². The third-order valence-electron chi connectivity index (χ3n) is 5.18. The Kier molecular flexibility index (Phi) is 4.50. The highest BCUT2D eigenvalue weighted by Crippen LogP contribution is 2.43. The summed E-state index contributed by atoms with van der Waals surface area (Å²) >= 11 is 0. The molecule has 0 amide bonds. The first-order valence-electron chi connectivity index (χ1n) is 8.58. The second-order valence-electron chi connectivity index (χ2n) is 7.08. The van der Waals surface area contributed by atoms with E-state index in [1.165, 1.54) is 24.0 Å². The average Bonchev–Trinajstić information content (AvgIpc) is 3.19. The Hall–Kier alpha value is -2.73. The third-order valence-corrected chi connectivity index (χ3v) is 5.18. The van der Waals surface area contributed by atoms with Crippen molar-refractivity contribution in [2.24, 2.45) is 0 Å². The van der Waals surface area contributed by atoms with Gasteiger partial charge in [-0.3, -0.25) is 0 Å². The van der Waals surface area contributed by atoms with E-state index in [1.54, 1.807) is 6.07 Å². The standard InChI is InChI=1S/C18H17F3N4O4/c1-18(28)13(27)17(25-3-2-8-15(22)23-6-24-16(8)25)29-14(18)12(26)7-4-9(19)11(21)10(20)5-7/h2-6,12-14,17,26-28H,1H3,(H2,22,23,24)/t12?,13-,14+,17+,18-/m0/s1. The molecule has 1 fully saturated rings. The highest BCUT2D eigenvalue weighted by atomic mass is 19.2. The van der Waals surface area contributed by atoms with Gasteiger partial charge in [-0.05, 0) is 30.7 Å². The minimum absolute atomic E-state index is 0.196. The molecule has 154 valence electrons. The van der Waals surface area contributed by atoms with Gasteiger partial charge in [-0.2, -0.15) is 0 Å². The summed E-state index contributed by atoms with van der Waals surface area (Å²) in [6, 6.07) is 2.78. The van der Waals surface area contributed by atoms with Crippen LogP contribution < -0.4 is 5.73 Å². The summed E-state index contributed by atoms with van der Waals surface area (Å²) in [5.74, 6) is -4.49. The van der Waals surface area contributed by atoms with Crippen LogP contribution in [0.15, 0.2) is 30.7 Å². The van der Waals surface area contributed by atoms with Gasteiger partial charge in [0.25, 0.3) is 0 Å². The molecule has 5 atom stereocenters. The number of halogens is 3. The number of rotatable bonds is 3. The van der Waals surface area contributed by atoms with Crippen LogP contribution in [0.4, 0.5) is 19.0 Å². The molecule has 8 nitrogen and oxygen atoms in total. The van der Waals surface area contributed by atoms with Crippen molar-refractivity contribution in [3.8, 4) is 0 Å². The normalized spacial score (nSPS) is 28.2. The number of benzene rings is 1. The Morgan fingerprint density at radius 1 is 1.24 bits per heavy atom. The molecule has 1 saturated heterocycles. The highest BCUT2D eigenvalue weighted by Gasteiger charge is 2.56. The van der Waals surface area contributed by atoms with Crippen molar-refractivity contribution in [2.75, 3.05) is 5.73 Å². The number of nitrogens with two attached hydrogens (primary N) is 1. The predicted octanol–water partition coefficient (Wildman–Crippen LogP) is 1.17. The summed E-state index contributed by atoms with van der Waals surface area (Å²) in [5, 5.41) is 32.5. The van der Waals surface area contributed by atoms with E-state index in [-0.39, 0.29) is 11.4 Å². The van der Waals surface area contributed by atoms with E-state index < -0.39 is 47.6 Å². The van der Waals surface area contributed by atoms with Crippen molar-refractivity contribution in [3.63, 3.8) is 0 Å². The third kappa shape index (κ3) is 2.94. The van der Waals surface area contributed by atoms with E-state index in [0.29, 0.717) is 23.2 Å². The van der Waals surface area contributed by atoms with Crippen molar-refractivity contribution in [1.82, 2.24) is 14.5 Å². The molecule has 1 unspecified atom stereocenters. The van der Waals surface area contributed by atoms with Gasteiger partial charge in [0.2, 0.25) is 0 Å². The fourth-order valence-electron chi connectivity index (χ4n) is 3.55. The SMILES string of the molecule is C[C@@]1(O)[C@@H](C(O)c2cc(F)c(F)c(F)c2)O[C@@H](n2ccc3c(N)ncnc32)[C@@H]1O. The second kappa shape index (κ2) is 6.66. The monoisotopic (exact) mass is 410 g/mol. The van der Waals surface area contributed by atoms with E-state index >= 15 is 0 Å². The van der Waals surface area contributed by atoms with Crippen LogP contribution in [0.2, 0.25) is 0 Å². The molecule has 2 aromatic heterocycles. The zero-order valence-electron chi connectivity index (χ0n) is 15.0. The summed E-state index contributed by atoms with van der Waals surface area (Å²) in [4.78, 5) is 7.95. The molecule has 1 aliphatic rings. The van der Waals surface area contributed by atoms with Crippen molar-refractivity contribution in [1.29, 1.82) is 0 Å². The van der Waals surface area contributed by atoms with Crippen molar-refractivity contribution < 1.29 is 33.2 Å². The molecule has 1 aromatic carbocycles. The quantitative estimate of drug-likeness (QED) is 0.478. The maximum atomic E-state index is 13.6. The van der Waals surface area contributed by atoms with Crippen LogP contribution in [-0.2, 0) is 4.74 Å². The molecule has 1 aliphatic heterocycles. The largest absolute Gasteiger partial charge is 0.386 e. The first kappa shape index (κ1) is 19.6. The molecule has 0 saturated carbocycles. The average molecular weight is 410 g/mol. The molecule has 4 rings (SSSR count). The van der Waals surface area contributed by atoms with Gasteiger partial charge in [-0.15, -0.1) is 0 Å². The van der Waals surface area contributed by atoms with Gasteiger partial charge in [0.05, 0.1) is 5.39 Å². The van der Waals surface area contributed by atoms with Gasteiger partial charge in [0.1, 0.15) is 41.7 Å². The van der Waals surface area contributed by atoms with E-state index in [1.807, 2.05) is 0 Å². The number of nitrogens with zero attached hydrogens (tertiary/aromatic N) is 3. The number of hydrogen-bond donors (Lipinski definition) is 4. The van der Waals surface area contributed by atoms with E-state index in [9.17, 15) is 28.5 Å².